The van der Waals surface area contributed by atoms with Crippen molar-refractivity contribution in [3.63, 3.8) is 0 Å². The highest BCUT2D eigenvalue weighted by Crippen LogP contribution is 2.24. The molecule has 3 aromatic carbocycles. The van der Waals surface area contributed by atoms with Crippen molar-refractivity contribution < 1.29 is 14.4 Å². The smallest absolute Gasteiger partial charge is 0.272 e. The summed E-state index contributed by atoms with van der Waals surface area (Å²) in [5, 5.41) is 10.5. The minimum Gasteiger partial charge on any atom is -0.325 e. The van der Waals surface area contributed by atoms with Gasteiger partial charge in [0, 0.05) is 26.7 Å². The van der Waals surface area contributed by atoms with E-state index in [1.54, 1.807) is 42.5 Å². The van der Waals surface area contributed by atoms with Gasteiger partial charge in [0.2, 0.25) is 5.91 Å². The fourth-order valence-corrected chi connectivity index (χ4v) is 4.95. The number of aryl methyl sites for hydroxylation is 1. The van der Waals surface area contributed by atoms with Crippen molar-refractivity contribution >= 4 is 58.3 Å². The van der Waals surface area contributed by atoms with E-state index in [1.165, 1.54) is 23.1 Å². The molecular weight excluding hydrogens is 514 g/mol. The zero-order chi connectivity index (χ0) is 26.9. The third-order valence-electron chi connectivity index (χ3n) is 5.70. The Balaban J connectivity index is 1.41. The van der Waals surface area contributed by atoms with Crippen molar-refractivity contribution in [2.75, 3.05) is 16.4 Å². The molecule has 38 heavy (non-hydrogen) atoms. The van der Waals surface area contributed by atoms with E-state index in [1.807, 2.05) is 67.8 Å². The molecule has 0 aliphatic rings. The van der Waals surface area contributed by atoms with Crippen molar-refractivity contribution in [1.29, 1.82) is 0 Å². The molecule has 0 aliphatic carbocycles. The second kappa shape index (κ2) is 12.9. The summed E-state index contributed by atoms with van der Waals surface area (Å²) in [5.74, 6) is -0.704. The molecule has 8 heteroatoms. The molecule has 1 aromatic heterocycles. The Hall–Kier alpha value is -4.14. The van der Waals surface area contributed by atoms with E-state index < -0.39 is 5.91 Å². The molecular formula is C30H27N3O3S2. The van der Waals surface area contributed by atoms with E-state index >= 15 is 0 Å². The number of carbonyl (C=O) groups excluding carboxylic acids is 3. The number of carbonyl (C=O) groups is 3. The average Bonchev–Trinajstić information content (AvgIpc) is 3.44. The van der Waals surface area contributed by atoms with Crippen LogP contribution in [0.1, 0.15) is 26.4 Å². The molecule has 0 saturated heterocycles. The first-order chi connectivity index (χ1) is 18.4. The maximum atomic E-state index is 13.2. The number of hydrogen-bond donors (Lipinski definition) is 3. The number of anilines is 2. The molecule has 0 unspecified atom stereocenters. The molecule has 6 nitrogen and oxygen atoms in total. The van der Waals surface area contributed by atoms with Gasteiger partial charge in [-0.3, -0.25) is 14.4 Å². The van der Waals surface area contributed by atoms with E-state index in [-0.39, 0.29) is 23.3 Å². The fourth-order valence-electron chi connectivity index (χ4n) is 3.54. The second-order valence-corrected chi connectivity index (χ2v) is 10.5. The number of hydrogen-bond acceptors (Lipinski definition) is 5. The first-order valence-electron chi connectivity index (χ1n) is 11.9. The van der Waals surface area contributed by atoms with E-state index in [4.69, 9.17) is 0 Å². The third-order valence-corrected chi connectivity index (χ3v) is 7.51. The van der Waals surface area contributed by atoms with Gasteiger partial charge in [-0.1, -0.05) is 42.5 Å². The van der Waals surface area contributed by atoms with Crippen molar-refractivity contribution in [3.05, 3.63) is 118 Å². The summed E-state index contributed by atoms with van der Waals surface area (Å²) >= 11 is 2.84. The largest absolute Gasteiger partial charge is 0.325 e. The molecule has 0 fully saturated rings. The van der Waals surface area contributed by atoms with E-state index in [9.17, 15) is 14.4 Å². The Bertz CT molecular complexity index is 1470. The molecule has 0 radical (unpaired) electrons. The van der Waals surface area contributed by atoms with Gasteiger partial charge in [0.15, 0.2) is 0 Å². The van der Waals surface area contributed by atoms with Crippen LogP contribution in [0.15, 0.2) is 101 Å². The van der Waals surface area contributed by atoms with Gasteiger partial charge >= 0.3 is 0 Å². The lowest BCUT2D eigenvalue weighted by Crippen LogP contribution is -2.30. The third kappa shape index (κ3) is 7.44. The monoisotopic (exact) mass is 541 g/mol. The SMILES string of the molecule is Cc1cccc(NC(=O)CSc2cccc(NC(=O)/C(=C/c3cccs3)NC(=O)c3ccccc3)c2)c1C. The molecule has 0 saturated carbocycles. The molecule has 0 aliphatic heterocycles. The van der Waals surface area contributed by atoms with Crippen LogP contribution < -0.4 is 16.0 Å². The van der Waals surface area contributed by atoms with Crippen LogP contribution in [0.4, 0.5) is 11.4 Å². The maximum Gasteiger partial charge on any atom is 0.272 e. The minimum absolute atomic E-state index is 0.108. The molecule has 3 amide bonds. The Morgan fingerprint density at radius 3 is 2.42 bits per heavy atom. The van der Waals surface area contributed by atoms with Gasteiger partial charge in [-0.2, -0.15) is 0 Å². The second-order valence-electron chi connectivity index (χ2n) is 8.46. The summed E-state index contributed by atoms with van der Waals surface area (Å²) in [6.07, 6.45) is 1.65. The summed E-state index contributed by atoms with van der Waals surface area (Å²) in [5.41, 5.74) is 4.11. The normalized spacial score (nSPS) is 11.1. The average molecular weight is 542 g/mol. The summed E-state index contributed by atoms with van der Waals surface area (Å²) in [6.45, 7) is 3.99. The zero-order valence-electron chi connectivity index (χ0n) is 21.0. The first kappa shape index (κ1) is 26.9. The van der Waals surface area contributed by atoms with Crippen LogP contribution in [-0.4, -0.2) is 23.5 Å². The van der Waals surface area contributed by atoms with Crippen LogP contribution in [0.2, 0.25) is 0 Å². The van der Waals surface area contributed by atoms with Gasteiger partial charge in [0.1, 0.15) is 5.70 Å². The van der Waals surface area contributed by atoms with Crippen LogP contribution in [0.5, 0.6) is 0 Å². The Morgan fingerprint density at radius 2 is 1.66 bits per heavy atom. The van der Waals surface area contributed by atoms with Gasteiger partial charge in [-0.05, 0) is 78.9 Å². The van der Waals surface area contributed by atoms with Crippen LogP contribution in [0.25, 0.3) is 6.08 Å². The molecule has 0 bridgehead atoms. The summed E-state index contributed by atoms with van der Waals surface area (Å²) in [7, 11) is 0. The highest BCUT2D eigenvalue weighted by Gasteiger charge is 2.16. The van der Waals surface area contributed by atoms with E-state index in [0.29, 0.717) is 11.3 Å². The minimum atomic E-state index is -0.447. The van der Waals surface area contributed by atoms with Crippen LogP contribution in [0.3, 0.4) is 0 Å². The molecule has 4 aromatic rings. The van der Waals surface area contributed by atoms with Crippen molar-refractivity contribution in [2.45, 2.75) is 18.7 Å². The molecule has 0 atom stereocenters. The lowest BCUT2D eigenvalue weighted by atomic mass is 10.1. The lowest BCUT2D eigenvalue weighted by Gasteiger charge is -2.12. The number of rotatable bonds is 9. The molecule has 3 N–H and O–H groups in total. The Labute approximate surface area is 230 Å². The predicted molar refractivity (Wildman–Crippen MR) is 157 cm³/mol. The van der Waals surface area contributed by atoms with E-state index in [0.717, 1.165) is 26.6 Å². The van der Waals surface area contributed by atoms with Crippen molar-refractivity contribution in [3.8, 4) is 0 Å². The Morgan fingerprint density at radius 1 is 0.868 bits per heavy atom. The van der Waals surface area contributed by atoms with Crippen LogP contribution >= 0.6 is 23.1 Å². The zero-order valence-corrected chi connectivity index (χ0v) is 22.6. The maximum absolute atomic E-state index is 13.2. The quantitative estimate of drug-likeness (QED) is 0.167. The highest BCUT2D eigenvalue weighted by atomic mass is 32.2. The van der Waals surface area contributed by atoms with Gasteiger partial charge in [0.25, 0.3) is 11.8 Å². The van der Waals surface area contributed by atoms with Crippen LogP contribution in [-0.2, 0) is 9.59 Å². The number of thioether (sulfide) groups is 1. The number of benzene rings is 3. The van der Waals surface area contributed by atoms with Gasteiger partial charge in [-0.15, -0.1) is 23.1 Å². The van der Waals surface area contributed by atoms with E-state index in [2.05, 4.69) is 16.0 Å². The highest BCUT2D eigenvalue weighted by molar-refractivity contribution is 8.00. The van der Waals surface area contributed by atoms with Crippen molar-refractivity contribution in [1.82, 2.24) is 5.32 Å². The fraction of sp³-hybridized carbons (Fsp3) is 0.100. The Kier molecular flexibility index (Phi) is 9.13. The molecule has 1 heterocycles. The van der Waals surface area contributed by atoms with Gasteiger partial charge in [0.05, 0.1) is 5.75 Å². The summed E-state index contributed by atoms with van der Waals surface area (Å²) in [6, 6.07) is 25.5. The summed E-state index contributed by atoms with van der Waals surface area (Å²) < 4.78 is 0. The standard InChI is InChI=1S/C30H27N3O3S2/c1-20-9-6-15-26(21(20)2)32-28(34)19-38-24-13-7-12-23(17-24)31-30(36)27(18-25-14-8-16-37-25)33-29(35)22-10-4-3-5-11-22/h3-18H,19H2,1-2H3,(H,31,36)(H,32,34)(H,33,35)/b27-18-. The molecule has 4 rings (SSSR count). The first-order valence-corrected chi connectivity index (χ1v) is 13.8. The molecule has 192 valence electrons. The predicted octanol–water partition coefficient (Wildman–Crippen LogP) is 6.51. The van der Waals surface area contributed by atoms with Gasteiger partial charge in [-0.25, -0.2) is 0 Å². The topological polar surface area (TPSA) is 87.3 Å². The van der Waals surface area contributed by atoms with Crippen LogP contribution in [0, 0.1) is 13.8 Å². The molecule has 0 spiro atoms. The van der Waals surface area contributed by atoms with Crippen molar-refractivity contribution in [2.24, 2.45) is 0 Å². The number of thiophene rings is 1. The van der Waals surface area contributed by atoms with Gasteiger partial charge < -0.3 is 16.0 Å². The summed E-state index contributed by atoms with van der Waals surface area (Å²) in [4.78, 5) is 40.1. The number of amides is 3. The number of nitrogens with one attached hydrogen (secondary N) is 3. The lowest BCUT2D eigenvalue weighted by molar-refractivity contribution is -0.114.